The molecule has 3 heterocycles. The number of carbonyl (C=O) groups excluding carboxylic acids is 2. The Morgan fingerprint density at radius 3 is 2.79 bits per heavy atom. The van der Waals surface area contributed by atoms with Crippen LogP contribution >= 0.6 is 11.8 Å². The van der Waals surface area contributed by atoms with Gasteiger partial charge in [-0.25, -0.2) is 4.79 Å². The molecule has 1 atom stereocenters. The summed E-state index contributed by atoms with van der Waals surface area (Å²) in [4.78, 5) is 26.8. The predicted molar refractivity (Wildman–Crippen MR) is 106 cm³/mol. The summed E-state index contributed by atoms with van der Waals surface area (Å²) < 4.78 is 16.0. The zero-order chi connectivity index (χ0) is 20.8. The minimum atomic E-state index is -0.684. The van der Waals surface area contributed by atoms with Gasteiger partial charge in [-0.2, -0.15) is 5.26 Å². The Labute approximate surface area is 173 Å². The first-order valence-electron chi connectivity index (χ1n) is 9.37. The van der Waals surface area contributed by atoms with Crippen molar-refractivity contribution in [2.45, 2.75) is 19.8 Å². The molecule has 154 valence electrons. The Hall–Kier alpha value is -2.70. The number of nitrogens with zero attached hydrogens (tertiary/aromatic N) is 2. The van der Waals surface area contributed by atoms with Crippen molar-refractivity contribution < 1.29 is 23.5 Å². The lowest BCUT2D eigenvalue weighted by Crippen LogP contribution is -2.41. The number of allylic oxidation sites excluding steroid dienone is 2. The van der Waals surface area contributed by atoms with Gasteiger partial charge in [0.15, 0.2) is 0 Å². The SMILES string of the molecule is CCOC(=O)C1=C(C)NC(SCC(=O)N2CCOCC2)=C(C#N)[C@H]1c1ccco1. The van der Waals surface area contributed by atoms with Crippen LogP contribution in [0.4, 0.5) is 0 Å². The van der Waals surface area contributed by atoms with Gasteiger partial charge in [-0.3, -0.25) is 4.79 Å². The summed E-state index contributed by atoms with van der Waals surface area (Å²) >= 11 is 1.25. The molecule has 0 spiro atoms. The molecule has 0 aromatic carbocycles. The van der Waals surface area contributed by atoms with Crippen LogP contribution in [-0.2, 0) is 19.1 Å². The molecule has 1 amide bonds. The second-order valence-corrected chi connectivity index (χ2v) is 7.45. The minimum absolute atomic E-state index is 0.0164. The molecule has 1 aromatic heterocycles. The summed E-state index contributed by atoms with van der Waals surface area (Å²) in [6.45, 7) is 5.90. The van der Waals surface area contributed by atoms with E-state index in [-0.39, 0.29) is 18.3 Å². The molecule has 9 heteroatoms. The normalized spacial score (nSPS) is 19.6. The zero-order valence-corrected chi connectivity index (χ0v) is 17.2. The first-order valence-corrected chi connectivity index (χ1v) is 10.4. The van der Waals surface area contributed by atoms with E-state index in [1.807, 2.05) is 0 Å². The first kappa shape index (κ1) is 21.0. The van der Waals surface area contributed by atoms with E-state index in [2.05, 4.69) is 11.4 Å². The van der Waals surface area contributed by atoms with Crippen molar-refractivity contribution in [3.05, 3.63) is 46.0 Å². The number of morpholine rings is 1. The van der Waals surface area contributed by atoms with Gasteiger partial charge in [0.2, 0.25) is 5.91 Å². The van der Waals surface area contributed by atoms with Crippen molar-refractivity contribution >= 4 is 23.6 Å². The molecule has 2 aliphatic rings. The van der Waals surface area contributed by atoms with Gasteiger partial charge in [-0.15, -0.1) is 0 Å². The molecular weight excluding hydrogens is 394 g/mol. The summed E-state index contributed by atoms with van der Waals surface area (Å²) in [6.07, 6.45) is 1.50. The molecule has 0 unspecified atom stereocenters. The molecule has 0 radical (unpaired) electrons. The van der Waals surface area contributed by atoms with Crippen LogP contribution in [0.3, 0.4) is 0 Å². The Morgan fingerprint density at radius 2 is 2.17 bits per heavy atom. The molecule has 1 fully saturated rings. The van der Waals surface area contributed by atoms with Crippen LogP contribution in [0.15, 0.2) is 44.7 Å². The Kier molecular flexibility index (Phi) is 7.01. The highest BCUT2D eigenvalue weighted by molar-refractivity contribution is 8.03. The first-order chi connectivity index (χ1) is 14.1. The number of furan rings is 1. The van der Waals surface area contributed by atoms with Gasteiger partial charge in [-0.1, -0.05) is 11.8 Å². The van der Waals surface area contributed by atoms with Crippen molar-refractivity contribution in [2.75, 3.05) is 38.7 Å². The third-order valence-electron chi connectivity index (χ3n) is 4.67. The Bertz CT molecular complexity index is 863. The van der Waals surface area contributed by atoms with E-state index in [0.717, 1.165) is 0 Å². The average Bonchev–Trinajstić information content (AvgIpc) is 3.26. The van der Waals surface area contributed by atoms with Crippen LogP contribution in [0.2, 0.25) is 0 Å². The van der Waals surface area contributed by atoms with Crippen molar-refractivity contribution in [1.29, 1.82) is 5.26 Å². The molecule has 0 saturated carbocycles. The fraction of sp³-hybridized carbons (Fsp3) is 0.450. The number of dihydropyridines is 1. The lowest BCUT2D eigenvalue weighted by molar-refractivity contribution is -0.139. The number of hydrogen-bond donors (Lipinski definition) is 1. The van der Waals surface area contributed by atoms with Gasteiger partial charge >= 0.3 is 5.97 Å². The summed E-state index contributed by atoms with van der Waals surface area (Å²) in [7, 11) is 0. The van der Waals surface area contributed by atoms with Crippen LogP contribution in [0.25, 0.3) is 0 Å². The van der Waals surface area contributed by atoms with E-state index in [1.165, 1.54) is 18.0 Å². The van der Waals surface area contributed by atoms with Crippen LogP contribution in [0, 0.1) is 11.3 Å². The molecule has 2 aliphatic heterocycles. The standard InChI is InChI=1S/C20H23N3O5S/c1-3-27-20(25)17-13(2)22-19(14(11-21)18(17)15-5-4-8-28-15)29-12-16(24)23-6-9-26-10-7-23/h4-5,8,18,22H,3,6-7,9-10,12H2,1-2H3/t18-/m0/s1. The maximum atomic E-state index is 12.6. The van der Waals surface area contributed by atoms with E-state index in [9.17, 15) is 14.9 Å². The largest absolute Gasteiger partial charge is 0.468 e. The molecular formula is C20H23N3O5S. The molecule has 8 nitrogen and oxygen atoms in total. The van der Waals surface area contributed by atoms with Gasteiger partial charge in [0.05, 0.1) is 60.0 Å². The summed E-state index contributed by atoms with van der Waals surface area (Å²) in [6, 6.07) is 5.62. The van der Waals surface area contributed by atoms with E-state index in [0.29, 0.717) is 53.9 Å². The van der Waals surface area contributed by atoms with E-state index >= 15 is 0 Å². The van der Waals surface area contributed by atoms with Gasteiger partial charge < -0.3 is 24.1 Å². The van der Waals surface area contributed by atoms with Crippen LogP contribution in [0.1, 0.15) is 25.5 Å². The Balaban J connectivity index is 1.86. The second-order valence-electron chi connectivity index (χ2n) is 6.47. The molecule has 1 saturated heterocycles. The number of carbonyl (C=O) groups is 2. The van der Waals surface area contributed by atoms with Gasteiger partial charge in [0, 0.05) is 18.8 Å². The molecule has 0 bridgehead atoms. The molecule has 1 N–H and O–H groups in total. The average molecular weight is 417 g/mol. The number of nitriles is 1. The second kappa shape index (κ2) is 9.67. The zero-order valence-electron chi connectivity index (χ0n) is 16.4. The van der Waals surface area contributed by atoms with E-state index in [1.54, 1.807) is 30.9 Å². The maximum absolute atomic E-state index is 12.6. The summed E-state index contributed by atoms with van der Waals surface area (Å²) in [5.74, 6) is -0.544. The van der Waals surface area contributed by atoms with Gasteiger partial charge in [0.1, 0.15) is 5.76 Å². The van der Waals surface area contributed by atoms with E-state index in [4.69, 9.17) is 13.9 Å². The fourth-order valence-corrected chi connectivity index (χ4v) is 4.28. The number of nitrogens with one attached hydrogen (secondary N) is 1. The maximum Gasteiger partial charge on any atom is 0.336 e. The quantitative estimate of drug-likeness (QED) is 0.702. The fourth-order valence-electron chi connectivity index (χ4n) is 3.28. The van der Waals surface area contributed by atoms with Crippen molar-refractivity contribution in [3.63, 3.8) is 0 Å². The van der Waals surface area contributed by atoms with Crippen molar-refractivity contribution in [2.24, 2.45) is 0 Å². The summed E-state index contributed by atoms with van der Waals surface area (Å²) in [5.41, 5.74) is 1.24. The van der Waals surface area contributed by atoms with Crippen LogP contribution in [-0.4, -0.2) is 55.4 Å². The minimum Gasteiger partial charge on any atom is -0.468 e. The highest BCUT2D eigenvalue weighted by Crippen LogP contribution is 2.41. The van der Waals surface area contributed by atoms with Gasteiger partial charge in [0.25, 0.3) is 0 Å². The predicted octanol–water partition coefficient (Wildman–Crippen LogP) is 2.13. The molecule has 1 aromatic rings. The highest BCUT2D eigenvalue weighted by Gasteiger charge is 2.37. The monoisotopic (exact) mass is 417 g/mol. The number of thioether (sulfide) groups is 1. The van der Waals surface area contributed by atoms with Crippen LogP contribution in [0.5, 0.6) is 0 Å². The highest BCUT2D eigenvalue weighted by atomic mass is 32.2. The summed E-state index contributed by atoms with van der Waals surface area (Å²) in [5, 5.41) is 13.5. The third kappa shape index (κ3) is 4.66. The van der Waals surface area contributed by atoms with Crippen molar-refractivity contribution in [1.82, 2.24) is 10.2 Å². The topological polar surface area (TPSA) is 105 Å². The smallest absolute Gasteiger partial charge is 0.336 e. The molecule has 29 heavy (non-hydrogen) atoms. The number of esters is 1. The number of hydrogen-bond acceptors (Lipinski definition) is 8. The number of rotatable bonds is 6. The van der Waals surface area contributed by atoms with Crippen LogP contribution < -0.4 is 5.32 Å². The molecule has 3 rings (SSSR count). The lowest BCUT2D eigenvalue weighted by Gasteiger charge is -2.29. The Morgan fingerprint density at radius 1 is 1.41 bits per heavy atom. The molecule has 0 aliphatic carbocycles. The number of amides is 1. The lowest BCUT2D eigenvalue weighted by atomic mass is 9.86. The van der Waals surface area contributed by atoms with Gasteiger partial charge in [-0.05, 0) is 26.0 Å². The van der Waals surface area contributed by atoms with E-state index < -0.39 is 11.9 Å². The third-order valence-corrected chi connectivity index (χ3v) is 5.68. The number of ether oxygens (including phenoxy) is 2. The van der Waals surface area contributed by atoms with Crippen molar-refractivity contribution in [3.8, 4) is 6.07 Å².